The molecule has 0 saturated heterocycles. The Balaban J connectivity index is 0.0000122. The number of carbonyl (C=O) groups is 1. The maximum Gasteiger partial charge on any atom is 0.341 e. The number of hydrogen-bond acceptors (Lipinski definition) is 4. The SMILES string of the molecule is CCCCCCCCCCCCCCCCCCCCCCCC(=O)OS(=O)(=O)c1ccccc1.[Na]. The minimum absolute atomic E-state index is 0. The smallest absolute Gasteiger partial charge is 0.341 e. The molecule has 0 aliphatic heterocycles. The molecule has 6 heteroatoms. The van der Waals surface area contributed by atoms with Crippen LogP contribution >= 0.6 is 0 Å². The van der Waals surface area contributed by atoms with Gasteiger partial charge in [-0.1, -0.05) is 154 Å². The summed E-state index contributed by atoms with van der Waals surface area (Å²) in [5.41, 5.74) is 0. The van der Waals surface area contributed by atoms with Gasteiger partial charge in [0.15, 0.2) is 0 Å². The summed E-state index contributed by atoms with van der Waals surface area (Å²) in [5.74, 6) is -0.661. The molecule has 0 aromatic heterocycles. The summed E-state index contributed by atoms with van der Waals surface area (Å²) in [7, 11) is -3.99. The third-order valence-electron chi connectivity index (χ3n) is 6.72. The van der Waals surface area contributed by atoms with Crippen molar-refractivity contribution in [3.63, 3.8) is 0 Å². The van der Waals surface area contributed by atoms with Crippen LogP contribution in [-0.2, 0) is 19.1 Å². The molecule has 0 aliphatic rings. The molecule has 0 atom stereocenters. The van der Waals surface area contributed by atoms with Gasteiger partial charge in [-0.3, -0.25) is 4.79 Å². The minimum atomic E-state index is -3.99. The molecule has 1 aromatic rings. The van der Waals surface area contributed by atoms with E-state index < -0.39 is 16.1 Å². The topological polar surface area (TPSA) is 60.4 Å². The average Bonchev–Trinajstić information content (AvgIpc) is 2.85. The van der Waals surface area contributed by atoms with Crippen LogP contribution in [0.1, 0.15) is 148 Å². The minimum Gasteiger partial charge on any atom is -0.342 e. The van der Waals surface area contributed by atoms with E-state index in [2.05, 4.69) is 6.92 Å². The van der Waals surface area contributed by atoms with Crippen LogP contribution in [0, 0.1) is 0 Å². The largest absolute Gasteiger partial charge is 0.342 e. The van der Waals surface area contributed by atoms with Crippen LogP contribution in [0.2, 0.25) is 0 Å². The molecule has 4 nitrogen and oxygen atoms in total. The predicted octanol–water partition coefficient (Wildman–Crippen LogP) is 9.14. The van der Waals surface area contributed by atoms with E-state index in [0.717, 1.165) is 12.8 Å². The van der Waals surface area contributed by atoms with Crippen LogP contribution < -0.4 is 0 Å². The summed E-state index contributed by atoms with van der Waals surface area (Å²) < 4.78 is 28.7. The molecule has 0 fully saturated rings. The molecule has 0 heterocycles. The molecule has 0 aliphatic carbocycles. The quantitative estimate of drug-likeness (QED) is 0.0758. The molecular formula is C30H52NaO4S. The molecule has 0 saturated carbocycles. The Labute approximate surface area is 245 Å². The molecule has 1 aromatic carbocycles. The summed E-state index contributed by atoms with van der Waals surface area (Å²) in [6.45, 7) is 2.28. The summed E-state index contributed by atoms with van der Waals surface area (Å²) in [6, 6.07) is 7.81. The first kappa shape index (κ1) is 35.6. The van der Waals surface area contributed by atoms with E-state index in [0.29, 0.717) is 6.42 Å². The maximum atomic E-state index is 12.0. The Bertz CT molecular complexity index is 722. The third kappa shape index (κ3) is 20.7. The molecule has 0 spiro atoms. The Morgan fingerprint density at radius 2 is 0.917 bits per heavy atom. The number of hydrogen-bond donors (Lipinski definition) is 0. The van der Waals surface area contributed by atoms with Crippen LogP contribution in [0.3, 0.4) is 0 Å². The predicted molar refractivity (Wildman–Crippen MR) is 153 cm³/mol. The van der Waals surface area contributed by atoms with Crippen LogP contribution in [0.25, 0.3) is 0 Å². The van der Waals surface area contributed by atoms with Crippen molar-refractivity contribution in [2.24, 2.45) is 0 Å². The fourth-order valence-electron chi connectivity index (χ4n) is 4.50. The van der Waals surface area contributed by atoms with Gasteiger partial charge in [-0.2, -0.15) is 8.42 Å². The number of benzene rings is 1. The fraction of sp³-hybridized carbons (Fsp3) is 0.767. The fourth-order valence-corrected chi connectivity index (χ4v) is 5.42. The molecule has 0 bridgehead atoms. The molecule has 0 unspecified atom stereocenters. The Hall–Kier alpha value is -0.360. The molecule has 0 N–H and O–H groups in total. The van der Waals surface area contributed by atoms with Crippen LogP contribution in [0.15, 0.2) is 35.2 Å². The van der Waals surface area contributed by atoms with Gasteiger partial charge in [-0.15, -0.1) is 0 Å². The monoisotopic (exact) mass is 531 g/mol. The molecule has 203 valence electrons. The van der Waals surface area contributed by atoms with Gasteiger partial charge < -0.3 is 4.18 Å². The van der Waals surface area contributed by atoms with E-state index in [1.807, 2.05) is 0 Å². The second-order valence-electron chi connectivity index (χ2n) is 10.0. The van der Waals surface area contributed by atoms with Gasteiger partial charge in [0, 0.05) is 36.0 Å². The zero-order valence-corrected chi connectivity index (χ0v) is 26.3. The second kappa shape index (κ2) is 24.9. The molecule has 1 rings (SSSR count). The first-order valence-corrected chi connectivity index (χ1v) is 16.0. The zero-order chi connectivity index (χ0) is 25.5. The number of rotatable bonds is 24. The van der Waals surface area contributed by atoms with E-state index in [4.69, 9.17) is 4.18 Å². The third-order valence-corrected chi connectivity index (χ3v) is 7.97. The summed E-state index contributed by atoms with van der Waals surface area (Å²) in [4.78, 5) is 11.9. The van der Waals surface area contributed by atoms with Gasteiger partial charge in [-0.25, -0.2) is 0 Å². The van der Waals surface area contributed by atoms with Crippen LogP contribution in [0.4, 0.5) is 0 Å². The van der Waals surface area contributed by atoms with Gasteiger partial charge >= 0.3 is 16.1 Å². The Kier molecular flexibility index (Phi) is 24.7. The van der Waals surface area contributed by atoms with Crippen molar-refractivity contribution in [2.45, 2.75) is 153 Å². The van der Waals surface area contributed by atoms with Gasteiger partial charge in [-0.05, 0) is 18.6 Å². The van der Waals surface area contributed by atoms with Crippen molar-refractivity contribution in [3.05, 3.63) is 30.3 Å². The van der Waals surface area contributed by atoms with E-state index in [-0.39, 0.29) is 40.9 Å². The van der Waals surface area contributed by atoms with E-state index in [1.54, 1.807) is 18.2 Å². The number of carbonyl (C=O) groups excluding carboxylic acids is 1. The molecule has 36 heavy (non-hydrogen) atoms. The molecule has 0 amide bonds. The normalized spacial score (nSPS) is 11.2. The number of unbranched alkanes of at least 4 members (excludes halogenated alkanes) is 20. The summed E-state index contributed by atoms with van der Waals surface area (Å²) in [5, 5.41) is 0. The molecular weight excluding hydrogens is 479 g/mol. The van der Waals surface area contributed by atoms with Gasteiger partial charge in [0.25, 0.3) is 0 Å². The van der Waals surface area contributed by atoms with Crippen molar-refractivity contribution >= 4 is 45.6 Å². The van der Waals surface area contributed by atoms with Gasteiger partial charge in [0.2, 0.25) is 0 Å². The van der Waals surface area contributed by atoms with Crippen molar-refractivity contribution in [2.75, 3.05) is 0 Å². The van der Waals surface area contributed by atoms with Gasteiger partial charge in [0.05, 0.1) is 0 Å². The molecule has 1 radical (unpaired) electrons. The van der Waals surface area contributed by atoms with Crippen molar-refractivity contribution in [3.8, 4) is 0 Å². The maximum absolute atomic E-state index is 12.0. The van der Waals surface area contributed by atoms with Crippen molar-refractivity contribution in [1.82, 2.24) is 0 Å². The van der Waals surface area contributed by atoms with E-state index in [9.17, 15) is 13.2 Å². The summed E-state index contributed by atoms with van der Waals surface area (Å²) >= 11 is 0. The standard InChI is InChI=1S/C30H52O4S.Na/c1-2-3-4-5-6-7-8-9-10-11-12-13-14-15-16-17-18-19-20-21-25-28-30(31)34-35(32,33)29-26-23-22-24-27-29;/h22-24,26-27H,2-21,25,28H2,1H3;. The second-order valence-corrected chi connectivity index (χ2v) is 11.6. The zero-order valence-electron chi connectivity index (χ0n) is 23.5. The summed E-state index contributed by atoms with van der Waals surface area (Å²) in [6.07, 6.45) is 27.7. The first-order chi connectivity index (χ1) is 17.1. The van der Waals surface area contributed by atoms with Gasteiger partial charge in [0.1, 0.15) is 4.90 Å². The first-order valence-electron chi connectivity index (χ1n) is 14.6. The Morgan fingerprint density at radius 1 is 0.583 bits per heavy atom. The average molecular weight is 532 g/mol. The van der Waals surface area contributed by atoms with Crippen molar-refractivity contribution in [1.29, 1.82) is 0 Å². The van der Waals surface area contributed by atoms with E-state index in [1.165, 1.54) is 128 Å². The van der Waals surface area contributed by atoms with Crippen LogP contribution in [0.5, 0.6) is 0 Å². The van der Waals surface area contributed by atoms with Crippen molar-refractivity contribution < 1.29 is 17.4 Å². The Morgan fingerprint density at radius 3 is 1.28 bits per heavy atom. The van der Waals surface area contributed by atoms with Crippen LogP contribution in [-0.4, -0.2) is 43.9 Å². The van der Waals surface area contributed by atoms with E-state index >= 15 is 0 Å².